The summed E-state index contributed by atoms with van der Waals surface area (Å²) in [6, 6.07) is 14.1. The lowest BCUT2D eigenvalue weighted by Gasteiger charge is -2.09. The van der Waals surface area contributed by atoms with Gasteiger partial charge in [-0.25, -0.2) is 0 Å². The largest absolute Gasteiger partial charge is 0.399 e. The Balaban J connectivity index is 1.83. The van der Waals surface area contributed by atoms with Crippen molar-refractivity contribution >= 4 is 16.6 Å². The smallest absolute Gasteiger partial charge is 0.119 e. The number of hydrogen-bond acceptors (Lipinski definition) is 4. The fourth-order valence-electron chi connectivity index (χ4n) is 3.85. The minimum atomic E-state index is 0.725. The molecule has 4 aromatic rings. The van der Waals surface area contributed by atoms with E-state index in [1.165, 1.54) is 11.3 Å². The number of pyridine rings is 2. The summed E-state index contributed by atoms with van der Waals surface area (Å²) in [6.45, 7) is 2.97. The molecule has 3 aromatic heterocycles. The molecule has 128 valence electrons. The number of fused-ring (bicyclic) bond motifs is 2. The van der Waals surface area contributed by atoms with Gasteiger partial charge >= 0.3 is 0 Å². The summed E-state index contributed by atoms with van der Waals surface area (Å²) >= 11 is 0. The van der Waals surface area contributed by atoms with E-state index < -0.39 is 0 Å². The topological polar surface area (TPSA) is 69.6 Å². The van der Waals surface area contributed by atoms with E-state index in [0.717, 1.165) is 58.6 Å². The van der Waals surface area contributed by atoms with Crippen molar-refractivity contribution in [2.75, 3.05) is 5.73 Å². The number of aryl methyl sites for hydroxylation is 2. The molecule has 0 spiro atoms. The van der Waals surface area contributed by atoms with E-state index >= 15 is 0 Å². The maximum Gasteiger partial charge on any atom is 0.119 e. The summed E-state index contributed by atoms with van der Waals surface area (Å²) in [7, 11) is 0. The van der Waals surface area contributed by atoms with Gasteiger partial charge in [-0.05, 0) is 55.7 Å². The van der Waals surface area contributed by atoms with Crippen molar-refractivity contribution in [1.29, 1.82) is 0 Å². The van der Waals surface area contributed by atoms with Gasteiger partial charge in [-0.3, -0.25) is 14.6 Å². The summed E-state index contributed by atoms with van der Waals surface area (Å²) < 4.78 is 2.14. The normalized spacial score (nSPS) is 13.3. The van der Waals surface area contributed by atoms with Crippen molar-refractivity contribution < 1.29 is 0 Å². The van der Waals surface area contributed by atoms with Crippen molar-refractivity contribution in [3.05, 3.63) is 60.0 Å². The van der Waals surface area contributed by atoms with Gasteiger partial charge < -0.3 is 5.73 Å². The molecule has 0 fully saturated rings. The van der Waals surface area contributed by atoms with E-state index in [1.807, 2.05) is 43.5 Å². The number of nitrogens with two attached hydrogens (primary N) is 1. The Hall–Kier alpha value is -3.21. The number of hydrogen-bond donors (Lipinski definition) is 1. The molecule has 1 aliphatic rings. The Bertz CT molecular complexity index is 1140. The van der Waals surface area contributed by atoms with Gasteiger partial charge in [0.05, 0.1) is 11.2 Å². The molecule has 0 saturated carbocycles. The van der Waals surface area contributed by atoms with Gasteiger partial charge in [0.25, 0.3) is 0 Å². The van der Waals surface area contributed by atoms with Crippen molar-refractivity contribution in [3.8, 4) is 22.5 Å². The lowest BCUT2D eigenvalue weighted by Crippen LogP contribution is -1.95. The molecule has 2 N–H and O–H groups in total. The Morgan fingerprint density at radius 1 is 1.12 bits per heavy atom. The first-order valence-corrected chi connectivity index (χ1v) is 8.89. The second-order valence-electron chi connectivity index (χ2n) is 6.80. The zero-order valence-corrected chi connectivity index (χ0v) is 14.6. The molecule has 1 aromatic carbocycles. The lowest BCUT2D eigenvalue weighted by molar-refractivity contribution is 0.658. The quantitative estimate of drug-likeness (QED) is 0.560. The zero-order valence-electron chi connectivity index (χ0n) is 14.6. The van der Waals surface area contributed by atoms with E-state index in [-0.39, 0.29) is 0 Å². The SMILES string of the molecule is Cc1cccc(-c2nn3c(c2-c2ccnc4cc(N)ccc24)CCC3)n1. The lowest BCUT2D eigenvalue weighted by atomic mass is 9.96. The highest BCUT2D eigenvalue weighted by atomic mass is 15.3. The van der Waals surface area contributed by atoms with Gasteiger partial charge in [0.2, 0.25) is 0 Å². The van der Waals surface area contributed by atoms with Crippen molar-refractivity contribution in [3.63, 3.8) is 0 Å². The molecule has 1 aliphatic heterocycles. The van der Waals surface area contributed by atoms with E-state index in [0.29, 0.717) is 0 Å². The Morgan fingerprint density at radius 2 is 2.04 bits per heavy atom. The number of anilines is 1. The minimum absolute atomic E-state index is 0.725. The molecular weight excluding hydrogens is 322 g/mol. The highest BCUT2D eigenvalue weighted by Crippen LogP contribution is 2.39. The zero-order chi connectivity index (χ0) is 17.7. The van der Waals surface area contributed by atoms with Crippen molar-refractivity contribution in [1.82, 2.24) is 19.7 Å². The van der Waals surface area contributed by atoms with E-state index in [9.17, 15) is 0 Å². The highest BCUT2D eigenvalue weighted by molar-refractivity contribution is 5.99. The molecule has 0 aliphatic carbocycles. The third-order valence-electron chi connectivity index (χ3n) is 5.01. The van der Waals surface area contributed by atoms with Crippen LogP contribution in [0, 0.1) is 6.92 Å². The third kappa shape index (κ3) is 2.28. The minimum Gasteiger partial charge on any atom is -0.399 e. The average molecular weight is 341 g/mol. The first-order valence-electron chi connectivity index (χ1n) is 8.89. The van der Waals surface area contributed by atoms with Crippen LogP contribution in [-0.2, 0) is 13.0 Å². The molecule has 5 heteroatoms. The molecule has 0 atom stereocenters. The summed E-state index contributed by atoms with van der Waals surface area (Å²) in [5.74, 6) is 0. The van der Waals surface area contributed by atoms with Crippen LogP contribution in [-0.4, -0.2) is 19.7 Å². The number of benzene rings is 1. The maximum atomic E-state index is 5.95. The third-order valence-corrected chi connectivity index (χ3v) is 5.01. The predicted molar refractivity (Wildman–Crippen MR) is 104 cm³/mol. The highest BCUT2D eigenvalue weighted by Gasteiger charge is 2.25. The number of nitrogen functional groups attached to an aromatic ring is 1. The maximum absolute atomic E-state index is 5.95. The Morgan fingerprint density at radius 3 is 2.92 bits per heavy atom. The van der Waals surface area contributed by atoms with Gasteiger partial charge in [0.1, 0.15) is 5.69 Å². The van der Waals surface area contributed by atoms with Crippen LogP contribution in [0.1, 0.15) is 17.8 Å². The van der Waals surface area contributed by atoms with Gasteiger partial charge in [-0.2, -0.15) is 5.10 Å². The van der Waals surface area contributed by atoms with Gasteiger partial charge in [-0.1, -0.05) is 12.1 Å². The second kappa shape index (κ2) is 5.66. The summed E-state index contributed by atoms with van der Waals surface area (Å²) in [6.07, 6.45) is 4.02. The molecule has 0 bridgehead atoms. The van der Waals surface area contributed by atoms with Crippen molar-refractivity contribution in [2.24, 2.45) is 0 Å². The van der Waals surface area contributed by atoms with Gasteiger partial charge in [0, 0.05) is 40.8 Å². The summed E-state index contributed by atoms with van der Waals surface area (Å²) in [5.41, 5.74) is 14.1. The standard InChI is InChI=1S/C21H19N5/c1-13-4-2-5-17(24-13)21-20(19-6-3-11-26(19)25-21)16-9-10-23-18-12-14(22)7-8-15(16)18/h2,4-5,7-10,12H,3,6,11,22H2,1H3. The first kappa shape index (κ1) is 15.1. The molecule has 26 heavy (non-hydrogen) atoms. The molecule has 0 unspecified atom stereocenters. The van der Waals surface area contributed by atoms with Crippen molar-refractivity contribution in [2.45, 2.75) is 26.3 Å². The fraction of sp³-hybridized carbons (Fsp3) is 0.190. The molecule has 4 heterocycles. The van der Waals surface area contributed by atoms with Crippen LogP contribution in [0.3, 0.4) is 0 Å². The molecule has 0 radical (unpaired) electrons. The molecule has 5 rings (SSSR count). The molecule has 5 nitrogen and oxygen atoms in total. The number of aromatic nitrogens is 4. The second-order valence-corrected chi connectivity index (χ2v) is 6.80. The van der Waals surface area contributed by atoms with Crippen LogP contribution in [0.15, 0.2) is 48.7 Å². The van der Waals surface area contributed by atoms with E-state index in [2.05, 4.69) is 21.8 Å². The number of rotatable bonds is 2. The molecule has 0 amide bonds. The number of nitrogens with zero attached hydrogens (tertiary/aromatic N) is 4. The monoisotopic (exact) mass is 341 g/mol. The average Bonchev–Trinajstić information content (AvgIpc) is 3.22. The Kier molecular flexibility index (Phi) is 3.28. The summed E-state index contributed by atoms with van der Waals surface area (Å²) in [5, 5.41) is 6.01. The summed E-state index contributed by atoms with van der Waals surface area (Å²) in [4.78, 5) is 9.22. The molecular formula is C21H19N5. The first-order chi connectivity index (χ1) is 12.7. The van der Waals surface area contributed by atoms with Gasteiger partial charge in [0.15, 0.2) is 0 Å². The molecule has 0 saturated heterocycles. The van der Waals surface area contributed by atoms with E-state index in [4.69, 9.17) is 15.8 Å². The van der Waals surface area contributed by atoms with Crippen LogP contribution < -0.4 is 5.73 Å². The Labute approximate surface area is 151 Å². The van der Waals surface area contributed by atoms with Gasteiger partial charge in [-0.15, -0.1) is 0 Å². The van der Waals surface area contributed by atoms with Crippen LogP contribution in [0.5, 0.6) is 0 Å². The van der Waals surface area contributed by atoms with Crippen LogP contribution in [0.25, 0.3) is 33.4 Å². The van der Waals surface area contributed by atoms with Crippen LogP contribution >= 0.6 is 0 Å². The van der Waals surface area contributed by atoms with Crippen LogP contribution in [0.4, 0.5) is 5.69 Å². The van der Waals surface area contributed by atoms with Crippen LogP contribution in [0.2, 0.25) is 0 Å². The van der Waals surface area contributed by atoms with E-state index in [1.54, 1.807) is 0 Å². The fourth-order valence-corrected chi connectivity index (χ4v) is 3.85. The predicted octanol–water partition coefficient (Wildman–Crippen LogP) is 4.00.